The van der Waals surface area contributed by atoms with Gasteiger partial charge in [-0.1, -0.05) is 37.0 Å². The highest BCUT2D eigenvalue weighted by atomic mass is 79.9. The van der Waals surface area contributed by atoms with Gasteiger partial charge in [0.05, 0.1) is 20.7 Å². The number of fused-ring (bicyclic) bond motifs is 1. The summed E-state index contributed by atoms with van der Waals surface area (Å²) in [6, 6.07) is 1.48. The van der Waals surface area contributed by atoms with Gasteiger partial charge in [-0.3, -0.25) is 4.79 Å². The van der Waals surface area contributed by atoms with E-state index in [0.717, 1.165) is 0 Å². The van der Waals surface area contributed by atoms with Crippen LogP contribution < -0.4 is 5.32 Å². The number of nitrogens with one attached hydrogen (secondary N) is 1. The molecule has 0 aliphatic carbocycles. The van der Waals surface area contributed by atoms with Crippen LogP contribution in [-0.2, 0) is 4.74 Å². The second-order valence-corrected chi connectivity index (χ2v) is 9.64. The van der Waals surface area contributed by atoms with Gasteiger partial charge in [-0.15, -0.1) is 0 Å². The lowest BCUT2D eigenvalue weighted by Gasteiger charge is -2.34. The Morgan fingerprint density at radius 1 is 1.31 bits per heavy atom. The zero-order valence-electron chi connectivity index (χ0n) is 18.7. The summed E-state index contributed by atoms with van der Waals surface area (Å²) in [4.78, 5) is 29.6. The predicted molar refractivity (Wildman–Crippen MR) is 131 cm³/mol. The number of aldehydes is 1. The molecule has 6 nitrogen and oxygen atoms in total. The molecule has 1 aromatic heterocycles. The minimum Gasteiger partial charge on any atom is -0.444 e. The highest BCUT2D eigenvalue weighted by molar-refractivity contribution is 9.10. The summed E-state index contributed by atoms with van der Waals surface area (Å²) in [5.74, 6) is -0.653. The van der Waals surface area contributed by atoms with Gasteiger partial charge < -0.3 is 15.0 Å². The summed E-state index contributed by atoms with van der Waals surface area (Å²) in [7, 11) is 0. The first kappa shape index (κ1) is 26.6. The lowest BCUT2D eigenvalue weighted by atomic mass is 10.0. The van der Waals surface area contributed by atoms with Crippen LogP contribution in [0.1, 0.15) is 57.8 Å². The molecule has 1 amide bonds. The van der Waals surface area contributed by atoms with E-state index in [1.165, 1.54) is 0 Å². The average Bonchev–Trinajstić information content (AvgIpc) is 2.74. The normalized spacial score (nSPS) is 14.6. The second-order valence-electron chi connectivity index (χ2n) is 8.08. The minimum atomic E-state index is -0.653. The Labute approximate surface area is 205 Å². The molecule has 1 aliphatic heterocycles. The zero-order chi connectivity index (χ0) is 24.2. The second kappa shape index (κ2) is 11.0. The van der Waals surface area contributed by atoms with E-state index < -0.39 is 11.4 Å². The van der Waals surface area contributed by atoms with E-state index in [1.54, 1.807) is 11.0 Å². The average molecular weight is 551 g/mol. The maximum absolute atomic E-state index is 14.7. The van der Waals surface area contributed by atoms with Gasteiger partial charge in [0.15, 0.2) is 12.1 Å². The van der Waals surface area contributed by atoms with Crippen molar-refractivity contribution in [3.8, 4) is 0 Å². The molecule has 0 saturated carbocycles. The monoisotopic (exact) mass is 549 g/mol. The molecule has 176 valence electrons. The number of nitrogens with zero attached hydrogens (tertiary/aromatic N) is 2. The first-order valence-corrected chi connectivity index (χ1v) is 11.9. The summed E-state index contributed by atoms with van der Waals surface area (Å²) < 4.78 is 20.2. The number of likely N-dealkylation sites (tertiary alicyclic amines) is 1. The molecule has 0 atom stereocenters. The van der Waals surface area contributed by atoms with E-state index in [2.05, 4.69) is 26.2 Å². The summed E-state index contributed by atoms with van der Waals surface area (Å²) in [6.07, 6.45) is 1.46. The molecular formula is C22H27BrCl2FN3O3. The number of benzene rings is 1. The van der Waals surface area contributed by atoms with Crippen LogP contribution in [0.25, 0.3) is 10.9 Å². The van der Waals surface area contributed by atoms with Crippen LogP contribution in [0.5, 0.6) is 0 Å². The molecular weight excluding hydrogens is 524 g/mol. The first-order valence-electron chi connectivity index (χ1n) is 10.4. The standard InChI is InChI=1S/C20H21BrCl2FN3O3.C2H6/c1-20(2,3)30-19(29)27-6-4-10(5-7-27)25-16-11-8-13(22)14(21)15(24)17(11)26-18(23)12(16)9-28;1-2/h8-10H,4-7H2,1-3H3,(H,25,26);1-2H3. The Bertz CT molecular complexity index is 1010. The molecule has 1 N–H and O–H groups in total. The highest BCUT2D eigenvalue weighted by Crippen LogP contribution is 2.38. The number of rotatable bonds is 3. The smallest absolute Gasteiger partial charge is 0.410 e. The fraction of sp³-hybridized carbons (Fsp3) is 0.500. The van der Waals surface area contributed by atoms with Crippen molar-refractivity contribution in [3.63, 3.8) is 0 Å². The maximum atomic E-state index is 14.7. The van der Waals surface area contributed by atoms with Crippen LogP contribution in [0, 0.1) is 5.82 Å². The van der Waals surface area contributed by atoms with Crippen LogP contribution in [0.4, 0.5) is 14.9 Å². The third-order valence-corrected chi connectivity index (χ3v) is 6.31. The van der Waals surface area contributed by atoms with E-state index in [9.17, 15) is 14.0 Å². The van der Waals surface area contributed by atoms with Gasteiger partial charge in [0.2, 0.25) is 0 Å². The molecule has 0 radical (unpaired) electrons. The fourth-order valence-corrected chi connectivity index (χ4v) is 4.01. The number of anilines is 1. The van der Waals surface area contributed by atoms with Crippen molar-refractivity contribution in [2.24, 2.45) is 0 Å². The van der Waals surface area contributed by atoms with Crippen molar-refractivity contribution in [2.75, 3.05) is 18.4 Å². The molecule has 0 spiro atoms. The van der Waals surface area contributed by atoms with Gasteiger partial charge in [-0.2, -0.15) is 0 Å². The van der Waals surface area contributed by atoms with Gasteiger partial charge in [0, 0.05) is 24.5 Å². The largest absolute Gasteiger partial charge is 0.444 e. The van der Waals surface area contributed by atoms with E-state index in [0.29, 0.717) is 43.3 Å². The van der Waals surface area contributed by atoms with Crippen molar-refractivity contribution in [1.82, 2.24) is 9.88 Å². The topological polar surface area (TPSA) is 71.5 Å². The Hall–Kier alpha value is -1.64. The van der Waals surface area contributed by atoms with Crippen molar-refractivity contribution in [2.45, 2.75) is 59.1 Å². The number of hydrogen-bond donors (Lipinski definition) is 1. The SMILES string of the molecule is CC.CC(C)(C)OC(=O)N1CCC(Nc2c(C=O)c(Cl)nc3c(F)c(Br)c(Cl)cc23)CC1. The number of amides is 1. The third kappa shape index (κ3) is 6.02. The van der Waals surface area contributed by atoms with E-state index >= 15 is 0 Å². The van der Waals surface area contributed by atoms with Crippen molar-refractivity contribution in [3.05, 3.63) is 32.1 Å². The number of halogens is 4. The van der Waals surface area contributed by atoms with E-state index in [1.807, 2.05) is 34.6 Å². The Kier molecular flexibility index (Phi) is 9.14. The minimum absolute atomic E-state index is 0.00978. The quantitative estimate of drug-likeness (QED) is 0.251. The van der Waals surface area contributed by atoms with Crippen LogP contribution in [-0.4, -0.2) is 47.0 Å². The van der Waals surface area contributed by atoms with Crippen LogP contribution in [0.3, 0.4) is 0 Å². The van der Waals surface area contributed by atoms with Gasteiger partial charge in [0.25, 0.3) is 0 Å². The molecule has 1 aromatic carbocycles. The summed E-state index contributed by atoms with van der Waals surface area (Å²) >= 11 is 15.4. The first-order chi connectivity index (χ1) is 15.0. The fourth-order valence-electron chi connectivity index (χ4n) is 3.29. The molecule has 1 saturated heterocycles. The van der Waals surface area contributed by atoms with Gasteiger partial charge in [-0.25, -0.2) is 14.2 Å². The maximum Gasteiger partial charge on any atom is 0.410 e. The number of carbonyl (C=O) groups excluding carboxylic acids is 2. The predicted octanol–water partition coefficient (Wildman–Crippen LogP) is 7.09. The lowest BCUT2D eigenvalue weighted by molar-refractivity contribution is 0.0210. The molecule has 0 bridgehead atoms. The van der Waals surface area contributed by atoms with E-state index in [-0.39, 0.29) is 37.9 Å². The number of carbonyl (C=O) groups is 2. The summed E-state index contributed by atoms with van der Waals surface area (Å²) in [5.41, 5.74) is -0.0360. The molecule has 0 unspecified atom stereocenters. The highest BCUT2D eigenvalue weighted by Gasteiger charge is 2.28. The summed E-state index contributed by atoms with van der Waals surface area (Å²) in [5, 5.41) is 3.71. The van der Waals surface area contributed by atoms with Crippen LogP contribution >= 0.6 is 39.1 Å². The van der Waals surface area contributed by atoms with Gasteiger partial charge >= 0.3 is 6.09 Å². The van der Waals surface area contributed by atoms with Crippen molar-refractivity contribution >= 4 is 68.1 Å². The molecule has 1 fully saturated rings. The lowest BCUT2D eigenvalue weighted by Crippen LogP contribution is -2.44. The number of piperidine rings is 1. The van der Waals surface area contributed by atoms with Crippen LogP contribution in [0.15, 0.2) is 10.5 Å². The molecule has 10 heteroatoms. The number of hydrogen-bond acceptors (Lipinski definition) is 5. The van der Waals surface area contributed by atoms with Crippen molar-refractivity contribution in [1.29, 1.82) is 0 Å². The molecule has 1 aliphatic rings. The van der Waals surface area contributed by atoms with Crippen LogP contribution in [0.2, 0.25) is 10.2 Å². The Morgan fingerprint density at radius 3 is 2.44 bits per heavy atom. The van der Waals surface area contributed by atoms with Crippen molar-refractivity contribution < 1.29 is 18.7 Å². The Morgan fingerprint density at radius 2 is 1.91 bits per heavy atom. The molecule has 3 rings (SSSR count). The van der Waals surface area contributed by atoms with E-state index in [4.69, 9.17) is 27.9 Å². The third-order valence-electron chi connectivity index (χ3n) is 4.72. The number of pyridine rings is 1. The Balaban J connectivity index is 0.00000176. The van der Waals surface area contributed by atoms with Gasteiger partial charge in [-0.05, 0) is 55.6 Å². The number of ether oxygens (including phenoxy) is 1. The molecule has 2 aromatic rings. The molecule has 32 heavy (non-hydrogen) atoms. The van der Waals surface area contributed by atoms with Gasteiger partial charge in [0.1, 0.15) is 16.3 Å². The zero-order valence-corrected chi connectivity index (χ0v) is 21.8. The molecule has 2 heterocycles. The number of aromatic nitrogens is 1. The summed E-state index contributed by atoms with van der Waals surface area (Å²) in [6.45, 7) is 10.4.